The number of hydrogen-bond donors (Lipinski definition) is 2. The van der Waals surface area contributed by atoms with Crippen molar-refractivity contribution in [2.24, 2.45) is 0 Å². The predicted molar refractivity (Wildman–Crippen MR) is 95.6 cm³/mol. The van der Waals surface area contributed by atoms with Crippen LogP contribution in [0.15, 0.2) is 48.5 Å². The lowest BCUT2D eigenvalue weighted by molar-refractivity contribution is 0.0698. The normalized spacial score (nSPS) is 10.4. The number of aryl methyl sites for hydroxylation is 1. The maximum atomic E-state index is 12.3. The smallest absolute Gasteiger partial charge is 0.337 e. The van der Waals surface area contributed by atoms with Crippen molar-refractivity contribution < 1.29 is 14.7 Å². The SMILES string of the molecule is CCCCCCc1ccc(C(=O)Nc2ccccc2C(=O)O)cc1. The third kappa shape index (κ3) is 4.95. The van der Waals surface area contributed by atoms with Crippen molar-refractivity contribution in [1.82, 2.24) is 0 Å². The Balaban J connectivity index is 1.99. The largest absolute Gasteiger partial charge is 0.478 e. The van der Waals surface area contributed by atoms with Crippen LogP contribution in [0.2, 0.25) is 0 Å². The lowest BCUT2D eigenvalue weighted by atomic mass is 10.0. The zero-order valence-electron chi connectivity index (χ0n) is 13.9. The van der Waals surface area contributed by atoms with Crippen molar-refractivity contribution in [3.8, 4) is 0 Å². The van der Waals surface area contributed by atoms with Gasteiger partial charge in [0.25, 0.3) is 5.91 Å². The van der Waals surface area contributed by atoms with Gasteiger partial charge >= 0.3 is 5.97 Å². The lowest BCUT2D eigenvalue weighted by Crippen LogP contribution is -2.14. The summed E-state index contributed by atoms with van der Waals surface area (Å²) in [5, 5.41) is 11.8. The molecule has 2 aromatic carbocycles. The number of benzene rings is 2. The molecule has 0 fully saturated rings. The molecule has 0 radical (unpaired) electrons. The highest BCUT2D eigenvalue weighted by atomic mass is 16.4. The molecule has 4 nitrogen and oxygen atoms in total. The van der Waals surface area contributed by atoms with Crippen LogP contribution in [0.1, 0.15) is 58.9 Å². The van der Waals surface area contributed by atoms with Crippen LogP contribution in [0, 0.1) is 0 Å². The van der Waals surface area contributed by atoms with Gasteiger partial charge in [0.15, 0.2) is 0 Å². The van der Waals surface area contributed by atoms with Crippen LogP contribution in [-0.2, 0) is 6.42 Å². The Morgan fingerprint density at radius 1 is 0.958 bits per heavy atom. The fraction of sp³-hybridized carbons (Fsp3) is 0.300. The van der Waals surface area contributed by atoms with E-state index in [0.29, 0.717) is 11.3 Å². The van der Waals surface area contributed by atoms with Gasteiger partial charge in [-0.05, 0) is 42.7 Å². The van der Waals surface area contributed by atoms with Crippen LogP contribution in [0.25, 0.3) is 0 Å². The fourth-order valence-corrected chi connectivity index (χ4v) is 2.55. The summed E-state index contributed by atoms with van der Waals surface area (Å²) in [7, 11) is 0. The summed E-state index contributed by atoms with van der Waals surface area (Å²) in [5.41, 5.74) is 2.12. The van der Waals surface area contributed by atoms with Crippen LogP contribution < -0.4 is 5.32 Å². The predicted octanol–water partition coefficient (Wildman–Crippen LogP) is 4.76. The summed E-state index contributed by atoms with van der Waals surface area (Å²) in [6.45, 7) is 2.19. The van der Waals surface area contributed by atoms with Crippen LogP contribution in [-0.4, -0.2) is 17.0 Å². The van der Waals surface area contributed by atoms with Gasteiger partial charge in [-0.15, -0.1) is 0 Å². The summed E-state index contributed by atoms with van der Waals surface area (Å²) >= 11 is 0. The van der Waals surface area contributed by atoms with Crippen LogP contribution in [0.4, 0.5) is 5.69 Å². The number of carbonyl (C=O) groups excluding carboxylic acids is 1. The van der Waals surface area contributed by atoms with E-state index < -0.39 is 5.97 Å². The van der Waals surface area contributed by atoms with Gasteiger partial charge in [-0.25, -0.2) is 4.79 Å². The Morgan fingerprint density at radius 3 is 2.33 bits per heavy atom. The van der Waals surface area contributed by atoms with Crippen molar-refractivity contribution >= 4 is 17.6 Å². The minimum atomic E-state index is -1.06. The molecule has 0 saturated heterocycles. The summed E-state index contributed by atoms with van der Waals surface area (Å²) in [5.74, 6) is -1.37. The number of unbranched alkanes of at least 4 members (excludes halogenated alkanes) is 3. The Morgan fingerprint density at radius 2 is 1.67 bits per heavy atom. The zero-order valence-corrected chi connectivity index (χ0v) is 13.9. The molecule has 0 spiro atoms. The second-order valence-electron chi connectivity index (χ2n) is 5.81. The standard InChI is InChI=1S/C20H23NO3/c1-2-3-4-5-8-15-11-13-16(14-12-15)19(22)21-18-10-7-6-9-17(18)20(23)24/h6-7,9-14H,2-5,8H2,1H3,(H,21,22)(H,23,24). The van der Waals surface area contributed by atoms with Gasteiger partial charge in [-0.2, -0.15) is 0 Å². The molecule has 0 aromatic heterocycles. The lowest BCUT2D eigenvalue weighted by Gasteiger charge is -2.09. The van der Waals surface area contributed by atoms with E-state index in [2.05, 4.69) is 12.2 Å². The molecule has 0 aliphatic rings. The van der Waals surface area contributed by atoms with Gasteiger partial charge in [0.1, 0.15) is 0 Å². The number of anilines is 1. The molecule has 24 heavy (non-hydrogen) atoms. The Hall–Kier alpha value is -2.62. The second-order valence-corrected chi connectivity index (χ2v) is 5.81. The fourth-order valence-electron chi connectivity index (χ4n) is 2.55. The molecule has 2 N–H and O–H groups in total. The van der Waals surface area contributed by atoms with E-state index in [1.165, 1.54) is 30.9 Å². The van der Waals surface area contributed by atoms with E-state index in [-0.39, 0.29) is 11.5 Å². The maximum Gasteiger partial charge on any atom is 0.337 e. The summed E-state index contributed by atoms with van der Waals surface area (Å²) in [6, 6.07) is 13.9. The average molecular weight is 325 g/mol. The van der Waals surface area contributed by atoms with Gasteiger partial charge < -0.3 is 10.4 Å². The van der Waals surface area contributed by atoms with Gasteiger partial charge in [0.2, 0.25) is 0 Å². The molecule has 1 amide bonds. The quantitative estimate of drug-likeness (QED) is 0.688. The number of aromatic carboxylic acids is 1. The minimum Gasteiger partial charge on any atom is -0.478 e. The first-order chi connectivity index (χ1) is 11.6. The Labute approximate surface area is 142 Å². The van der Waals surface area contributed by atoms with Gasteiger partial charge in [0.05, 0.1) is 11.3 Å². The van der Waals surface area contributed by atoms with Crippen molar-refractivity contribution in [2.75, 3.05) is 5.32 Å². The molecule has 2 rings (SSSR count). The second kappa shape index (κ2) is 8.87. The molecule has 0 heterocycles. The molecule has 126 valence electrons. The van der Waals surface area contributed by atoms with E-state index in [1.54, 1.807) is 30.3 Å². The number of carboxylic acid groups (broad SMARTS) is 1. The molecule has 0 saturated carbocycles. The molecule has 2 aromatic rings. The van der Waals surface area contributed by atoms with Crippen molar-refractivity contribution in [1.29, 1.82) is 0 Å². The average Bonchev–Trinajstić information content (AvgIpc) is 2.59. The number of hydrogen-bond acceptors (Lipinski definition) is 2. The summed E-state index contributed by atoms with van der Waals surface area (Å²) in [6.07, 6.45) is 5.88. The Kier molecular flexibility index (Phi) is 6.55. The number of nitrogens with one attached hydrogen (secondary N) is 1. The molecule has 0 atom stereocenters. The van der Waals surface area contributed by atoms with Crippen molar-refractivity contribution in [3.05, 3.63) is 65.2 Å². The third-order valence-corrected chi connectivity index (χ3v) is 3.94. The van der Waals surface area contributed by atoms with E-state index in [0.717, 1.165) is 12.8 Å². The molecule has 0 bridgehead atoms. The summed E-state index contributed by atoms with van der Waals surface area (Å²) in [4.78, 5) is 23.5. The molecular weight excluding hydrogens is 302 g/mol. The number of carbonyl (C=O) groups is 2. The highest BCUT2D eigenvalue weighted by molar-refractivity contribution is 6.07. The molecule has 0 aliphatic heterocycles. The number of rotatable bonds is 8. The number of amides is 1. The molecule has 4 heteroatoms. The monoisotopic (exact) mass is 325 g/mol. The van der Waals surface area contributed by atoms with E-state index in [4.69, 9.17) is 5.11 Å². The van der Waals surface area contributed by atoms with E-state index >= 15 is 0 Å². The van der Waals surface area contributed by atoms with Crippen molar-refractivity contribution in [3.63, 3.8) is 0 Å². The first kappa shape index (κ1) is 17.7. The van der Waals surface area contributed by atoms with E-state index in [9.17, 15) is 9.59 Å². The number of carboxylic acids is 1. The van der Waals surface area contributed by atoms with Crippen molar-refractivity contribution in [2.45, 2.75) is 39.0 Å². The Bertz CT molecular complexity index is 692. The van der Waals surface area contributed by atoms with Gasteiger partial charge in [-0.1, -0.05) is 50.5 Å². The zero-order chi connectivity index (χ0) is 17.4. The van der Waals surface area contributed by atoms with Crippen LogP contribution in [0.3, 0.4) is 0 Å². The molecular formula is C20H23NO3. The summed E-state index contributed by atoms with van der Waals surface area (Å²) < 4.78 is 0. The minimum absolute atomic E-state index is 0.0818. The van der Waals surface area contributed by atoms with E-state index in [1.807, 2.05) is 12.1 Å². The first-order valence-corrected chi connectivity index (χ1v) is 8.34. The van der Waals surface area contributed by atoms with Crippen LogP contribution in [0.5, 0.6) is 0 Å². The molecule has 0 unspecified atom stereocenters. The third-order valence-electron chi connectivity index (χ3n) is 3.94. The highest BCUT2D eigenvalue weighted by Crippen LogP contribution is 2.17. The maximum absolute atomic E-state index is 12.3. The first-order valence-electron chi connectivity index (χ1n) is 8.34. The topological polar surface area (TPSA) is 66.4 Å². The van der Waals surface area contributed by atoms with Gasteiger partial charge in [-0.3, -0.25) is 4.79 Å². The van der Waals surface area contributed by atoms with Gasteiger partial charge in [0, 0.05) is 5.56 Å². The van der Waals surface area contributed by atoms with Crippen LogP contribution >= 0.6 is 0 Å². The number of para-hydroxylation sites is 1. The highest BCUT2D eigenvalue weighted by Gasteiger charge is 2.12. The molecule has 0 aliphatic carbocycles.